The van der Waals surface area contributed by atoms with Crippen LogP contribution in [0.2, 0.25) is 0 Å². The summed E-state index contributed by atoms with van der Waals surface area (Å²) in [6, 6.07) is 16.4. The first-order valence-electron chi connectivity index (χ1n) is 10.5. The molecule has 29 heavy (non-hydrogen) atoms. The van der Waals surface area contributed by atoms with Gasteiger partial charge in [-0.3, -0.25) is 9.59 Å². The largest absolute Gasteiger partial charge is 0.352 e. The molecule has 5 nitrogen and oxygen atoms in total. The van der Waals surface area contributed by atoms with Gasteiger partial charge in [-0.2, -0.15) is 0 Å². The van der Waals surface area contributed by atoms with Gasteiger partial charge in [0.2, 0.25) is 5.91 Å². The van der Waals surface area contributed by atoms with Gasteiger partial charge in [-0.25, -0.2) is 0 Å². The lowest BCUT2D eigenvalue weighted by Crippen LogP contribution is -2.39. The molecule has 0 saturated carbocycles. The number of carbonyl (C=O) groups excluding carboxylic acids is 2. The lowest BCUT2D eigenvalue weighted by atomic mass is 9.89. The minimum atomic E-state index is -0.133. The maximum absolute atomic E-state index is 12.4. The van der Waals surface area contributed by atoms with E-state index in [1.54, 1.807) is 0 Å². The second-order valence-electron chi connectivity index (χ2n) is 8.48. The second-order valence-corrected chi connectivity index (χ2v) is 8.48. The Kier molecular flexibility index (Phi) is 5.95. The summed E-state index contributed by atoms with van der Waals surface area (Å²) in [5.74, 6) is 0.478. The van der Waals surface area contributed by atoms with Gasteiger partial charge in [0, 0.05) is 36.3 Å². The Morgan fingerprint density at radius 1 is 1.03 bits per heavy atom. The van der Waals surface area contributed by atoms with Crippen LogP contribution in [0.3, 0.4) is 0 Å². The number of carbonyl (C=O) groups is 2. The number of rotatable bonds is 6. The van der Waals surface area contributed by atoms with E-state index in [2.05, 4.69) is 16.0 Å². The highest BCUT2D eigenvalue weighted by Gasteiger charge is 2.34. The van der Waals surface area contributed by atoms with Crippen LogP contribution in [-0.2, 0) is 11.3 Å². The van der Waals surface area contributed by atoms with Gasteiger partial charge in [0.1, 0.15) is 0 Å². The lowest BCUT2D eigenvalue weighted by Gasteiger charge is -2.28. The van der Waals surface area contributed by atoms with Crippen molar-refractivity contribution in [2.75, 3.05) is 5.32 Å². The SMILES string of the molecule is Cc1ccc(C(=O)Nc2cccc(CNC(=O)CC3CC4CCC(C3)N4)c2)cc1. The van der Waals surface area contributed by atoms with E-state index in [1.807, 2.05) is 55.5 Å². The van der Waals surface area contributed by atoms with Crippen molar-refractivity contribution in [3.63, 3.8) is 0 Å². The maximum Gasteiger partial charge on any atom is 0.255 e. The van der Waals surface area contributed by atoms with Gasteiger partial charge in [-0.1, -0.05) is 29.8 Å². The molecule has 2 fully saturated rings. The summed E-state index contributed by atoms with van der Waals surface area (Å²) in [5, 5.41) is 9.59. The summed E-state index contributed by atoms with van der Waals surface area (Å²) in [6.45, 7) is 2.47. The van der Waals surface area contributed by atoms with Crippen LogP contribution in [0.25, 0.3) is 0 Å². The number of piperidine rings is 1. The van der Waals surface area contributed by atoms with Crippen molar-refractivity contribution in [3.8, 4) is 0 Å². The fourth-order valence-electron chi connectivity index (χ4n) is 4.54. The van der Waals surface area contributed by atoms with E-state index in [-0.39, 0.29) is 11.8 Å². The Hall–Kier alpha value is -2.66. The van der Waals surface area contributed by atoms with Gasteiger partial charge < -0.3 is 16.0 Å². The number of amides is 2. The first kappa shape index (κ1) is 19.6. The number of anilines is 1. The molecule has 5 heteroatoms. The van der Waals surface area contributed by atoms with Gasteiger partial charge >= 0.3 is 0 Å². The van der Waals surface area contributed by atoms with Crippen molar-refractivity contribution in [1.82, 2.24) is 10.6 Å². The molecule has 2 aromatic carbocycles. The monoisotopic (exact) mass is 391 g/mol. The first-order valence-corrected chi connectivity index (χ1v) is 10.5. The minimum absolute atomic E-state index is 0.116. The molecule has 0 aromatic heterocycles. The summed E-state index contributed by atoms with van der Waals surface area (Å²) >= 11 is 0. The van der Waals surface area contributed by atoms with Crippen molar-refractivity contribution in [3.05, 3.63) is 65.2 Å². The highest BCUT2D eigenvalue weighted by atomic mass is 16.2. The van der Waals surface area contributed by atoms with Crippen LogP contribution in [0, 0.1) is 12.8 Å². The average Bonchev–Trinajstić information content (AvgIpc) is 3.05. The van der Waals surface area contributed by atoms with Gasteiger partial charge in [0.15, 0.2) is 0 Å². The number of aryl methyl sites for hydroxylation is 1. The average molecular weight is 392 g/mol. The zero-order valence-corrected chi connectivity index (χ0v) is 16.9. The number of benzene rings is 2. The zero-order chi connectivity index (χ0) is 20.2. The standard InChI is InChI=1S/C24H29N3O2/c1-16-5-7-19(8-6-16)24(29)27-20-4-2-3-17(11-20)15-25-23(28)14-18-12-21-9-10-22(13-18)26-21/h2-8,11,18,21-22,26H,9-10,12-15H2,1H3,(H,25,28)(H,27,29). The van der Waals surface area contributed by atoms with Crippen molar-refractivity contribution < 1.29 is 9.59 Å². The van der Waals surface area contributed by atoms with E-state index in [0.717, 1.165) is 29.7 Å². The predicted octanol–water partition coefficient (Wildman–Crippen LogP) is 3.78. The van der Waals surface area contributed by atoms with E-state index in [9.17, 15) is 9.59 Å². The van der Waals surface area contributed by atoms with Crippen LogP contribution in [0.15, 0.2) is 48.5 Å². The summed E-state index contributed by atoms with van der Waals surface area (Å²) in [6.07, 6.45) is 5.35. The molecular weight excluding hydrogens is 362 g/mol. The molecule has 0 aliphatic carbocycles. The van der Waals surface area contributed by atoms with E-state index in [4.69, 9.17) is 0 Å². The number of fused-ring (bicyclic) bond motifs is 2. The van der Waals surface area contributed by atoms with Crippen molar-refractivity contribution in [2.24, 2.45) is 5.92 Å². The Labute approximate surface area is 172 Å². The van der Waals surface area contributed by atoms with E-state index in [0.29, 0.717) is 36.5 Å². The third-order valence-corrected chi connectivity index (χ3v) is 6.03. The normalized spacial score (nSPS) is 22.9. The molecule has 2 bridgehead atoms. The van der Waals surface area contributed by atoms with E-state index in [1.165, 1.54) is 12.8 Å². The minimum Gasteiger partial charge on any atom is -0.352 e. The molecule has 2 aliphatic rings. The summed E-state index contributed by atoms with van der Waals surface area (Å²) < 4.78 is 0. The molecule has 2 heterocycles. The van der Waals surface area contributed by atoms with Crippen LogP contribution >= 0.6 is 0 Å². The van der Waals surface area contributed by atoms with Gasteiger partial charge in [0.25, 0.3) is 5.91 Å². The molecule has 2 aromatic rings. The number of hydrogen-bond donors (Lipinski definition) is 3. The van der Waals surface area contributed by atoms with Crippen LogP contribution in [-0.4, -0.2) is 23.9 Å². The van der Waals surface area contributed by atoms with Crippen LogP contribution in [0.4, 0.5) is 5.69 Å². The molecule has 2 amide bonds. The highest BCUT2D eigenvalue weighted by Crippen LogP contribution is 2.32. The lowest BCUT2D eigenvalue weighted by molar-refractivity contribution is -0.122. The van der Waals surface area contributed by atoms with Gasteiger partial charge in [0.05, 0.1) is 0 Å². The number of nitrogens with one attached hydrogen (secondary N) is 3. The van der Waals surface area contributed by atoms with Crippen LogP contribution in [0.5, 0.6) is 0 Å². The molecule has 2 unspecified atom stereocenters. The molecule has 152 valence electrons. The van der Waals surface area contributed by atoms with Crippen LogP contribution < -0.4 is 16.0 Å². The third-order valence-electron chi connectivity index (χ3n) is 6.03. The summed E-state index contributed by atoms with van der Waals surface area (Å²) in [7, 11) is 0. The van der Waals surface area contributed by atoms with E-state index < -0.39 is 0 Å². The Morgan fingerprint density at radius 3 is 2.48 bits per heavy atom. The molecular formula is C24H29N3O2. The molecule has 2 aliphatic heterocycles. The zero-order valence-electron chi connectivity index (χ0n) is 16.9. The van der Waals surface area contributed by atoms with E-state index >= 15 is 0 Å². The Morgan fingerprint density at radius 2 is 1.76 bits per heavy atom. The van der Waals surface area contributed by atoms with Gasteiger partial charge in [-0.15, -0.1) is 0 Å². The molecule has 4 rings (SSSR count). The fraction of sp³-hybridized carbons (Fsp3) is 0.417. The van der Waals surface area contributed by atoms with Crippen molar-refractivity contribution in [2.45, 2.75) is 57.7 Å². The Bertz CT molecular complexity index is 866. The molecule has 0 radical (unpaired) electrons. The third kappa shape index (κ3) is 5.24. The fourth-order valence-corrected chi connectivity index (χ4v) is 4.54. The summed E-state index contributed by atoms with van der Waals surface area (Å²) in [5.41, 5.74) is 3.46. The smallest absolute Gasteiger partial charge is 0.255 e. The summed E-state index contributed by atoms with van der Waals surface area (Å²) in [4.78, 5) is 24.8. The van der Waals surface area contributed by atoms with Crippen molar-refractivity contribution in [1.29, 1.82) is 0 Å². The molecule has 2 saturated heterocycles. The highest BCUT2D eigenvalue weighted by molar-refractivity contribution is 6.04. The quantitative estimate of drug-likeness (QED) is 0.702. The maximum atomic E-state index is 12.4. The number of hydrogen-bond acceptors (Lipinski definition) is 3. The predicted molar refractivity (Wildman–Crippen MR) is 115 cm³/mol. The topological polar surface area (TPSA) is 70.2 Å². The molecule has 3 N–H and O–H groups in total. The first-order chi connectivity index (χ1) is 14.0. The Balaban J connectivity index is 1.27. The second kappa shape index (κ2) is 8.78. The van der Waals surface area contributed by atoms with Crippen molar-refractivity contribution >= 4 is 17.5 Å². The van der Waals surface area contributed by atoms with Crippen LogP contribution in [0.1, 0.15) is 53.6 Å². The van der Waals surface area contributed by atoms with Gasteiger partial charge in [-0.05, 0) is 68.4 Å². The molecule has 0 spiro atoms. The molecule has 2 atom stereocenters.